The minimum Gasteiger partial charge on any atom is -0.394 e. The molecule has 1 N–H and O–H groups in total. The summed E-state index contributed by atoms with van der Waals surface area (Å²) in [6.45, 7) is 7.98. The second-order valence-electron chi connectivity index (χ2n) is 4.53. The van der Waals surface area contributed by atoms with Crippen LogP contribution >= 0.6 is 0 Å². The van der Waals surface area contributed by atoms with Crippen molar-refractivity contribution in [3.8, 4) is 0 Å². The van der Waals surface area contributed by atoms with E-state index in [1.807, 2.05) is 38.0 Å². The molecule has 4 nitrogen and oxygen atoms in total. The number of likely N-dealkylation sites (N-methyl/N-ethyl adjacent to an activating group) is 1. The molecule has 4 heteroatoms. The average molecular weight is 211 g/mol. The molecular weight excluding hydrogens is 190 g/mol. The van der Waals surface area contributed by atoms with Crippen molar-refractivity contribution in [3.63, 3.8) is 0 Å². The molecule has 0 atom stereocenters. The molecule has 0 saturated carbocycles. The van der Waals surface area contributed by atoms with Gasteiger partial charge >= 0.3 is 0 Å². The van der Waals surface area contributed by atoms with E-state index in [1.54, 1.807) is 0 Å². The van der Waals surface area contributed by atoms with Crippen molar-refractivity contribution in [1.29, 1.82) is 0 Å². The van der Waals surface area contributed by atoms with Gasteiger partial charge in [-0.15, -0.1) is 0 Å². The van der Waals surface area contributed by atoms with Crippen LogP contribution in [0.4, 0.5) is 0 Å². The molecule has 1 aromatic rings. The van der Waals surface area contributed by atoms with Gasteiger partial charge < -0.3 is 5.11 Å². The molecule has 0 aliphatic rings. The van der Waals surface area contributed by atoms with E-state index in [0.717, 1.165) is 13.1 Å². The van der Waals surface area contributed by atoms with Crippen LogP contribution in [-0.2, 0) is 13.1 Å². The monoisotopic (exact) mass is 211 g/mol. The largest absolute Gasteiger partial charge is 0.394 e. The molecule has 0 aliphatic heterocycles. The zero-order valence-corrected chi connectivity index (χ0v) is 10.1. The average Bonchev–Trinajstić information content (AvgIpc) is 2.65. The number of aromatic nitrogens is 2. The van der Waals surface area contributed by atoms with Gasteiger partial charge in [0.05, 0.1) is 12.8 Å². The normalized spacial score (nSPS) is 12.4. The quantitative estimate of drug-likeness (QED) is 0.793. The maximum atomic E-state index is 9.23. The molecule has 0 bridgehead atoms. The first-order valence-electron chi connectivity index (χ1n) is 5.33. The third-order valence-electron chi connectivity index (χ3n) is 2.85. The van der Waals surface area contributed by atoms with E-state index in [-0.39, 0.29) is 12.1 Å². The molecule has 0 fully saturated rings. The predicted octanol–water partition coefficient (Wildman–Crippen LogP) is 1.11. The van der Waals surface area contributed by atoms with Crippen LogP contribution in [0.25, 0.3) is 0 Å². The lowest BCUT2D eigenvalue weighted by atomic mass is 10.0. The van der Waals surface area contributed by atoms with Crippen molar-refractivity contribution in [2.45, 2.75) is 39.4 Å². The number of aliphatic hydroxyl groups excluding tert-OH is 1. The van der Waals surface area contributed by atoms with Crippen LogP contribution in [0.5, 0.6) is 0 Å². The second kappa shape index (κ2) is 4.77. The topological polar surface area (TPSA) is 41.3 Å². The summed E-state index contributed by atoms with van der Waals surface area (Å²) in [5, 5.41) is 13.5. The highest BCUT2D eigenvalue weighted by Gasteiger charge is 2.22. The molecule has 1 heterocycles. The van der Waals surface area contributed by atoms with E-state index >= 15 is 0 Å². The van der Waals surface area contributed by atoms with Crippen molar-refractivity contribution in [2.24, 2.45) is 0 Å². The summed E-state index contributed by atoms with van der Waals surface area (Å²) in [6, 6.07) is 0. The highest BCUT2D eigenvalue weighted by Crippen LogP contribution is 2.14. The zero-order chi connectivity index (χ0) is 11.5. The first-order chi connectivity index (χ1) is 6.99. The number of aliphatic hydroxyl groups is 1. The second-order valence-corrected chi connectivity index (χ2v) is 4.53. The first kappa shape index (κ1) is 12.2. The van der Waals surface area contributed by atoms with Crippen molar-refractivity contribution in [3.05, 3.63) is 18.0 Å². The lowest BCUT2D eigenvalue weighted by molar-refractivity contribution is 0.0734. The van der Waals surface area contributed by atoms with Crippen LogP contribution in [0.3, 0.4) is 0 Å². The summed E-state index contributed by atoms with van der Waals surface area (Å²) < 4.78 is 1.91. The Hall–Kier alpha value is -0.870. The van der Waals surface area contributed by atoms with E-state index in [2.05, 4.69) is 16.9 Å². The summed E-state index contributed by atoms with van der Waals surface area (Å²) >= 11 is 0. The Morgan fingerprint density at radius 3 is 2.67 bits per heavy atom. The third-order valence-corrected chi connectivity index (χ3v) is 2.85. The van der Waals surface area contributed by atoms with Gasteiger partial charge in [-0.25, -0.2) is 0 Å². The van der Waals surface area contributed by atoms with Crippen LogP contribution in [0.2, 0.25) is 0 Å². The van der Waals surface area contributed by atoms with Gasteiger partial charge in [0, 0.05) is 30.4 Å². The summed E-state index contributed by atoms with van der Waals surface area (Å²) in [7, 11) is 2.01. The molecule has 0 unspecified atom stereocenters. The van der Waals surface area contributed by atoms with Gasteiger partial charge in [0.25, 0.3) is 0 Å². The van der Waals surface area contributed by atoms with Crippen LogP contribution in [0, 0.1) is 0 Å². The Morgan fingerprint density at radius 1 is 1.53 bits per heavy atom. The van der Waals surface area contributed by atoms with Gasteiger partial charge in [-0.05, 0) is 27.8 Å². The maximum Gasteiger partial charge on any atom is 0.0610 e. The molecule has 86 valence electrons. The van der Waals surface area contributed by atoms with Crippen molar-refractivity contribution in [1.82, 2.24) is 14.7 Å². The zero-order valence-electron chi connectivity index (χ0n) is 10.1. The first-order valence-corrected chi connectivity index (χ1v) is 5.33. The van der Waals surface area contributed by atoms with Crippen LogP contribution in [0.1, 0.15) is 26.3 Å². The fraction of sp³-hybridized carbons (Fsp3) is 0.727. The van der Waals surface area contributed by atoms with Crippen LogP contribution in [0.15, 0.2) is 12.4 Å². The predicted molar refractivity (Wildman–Crippen MR) is 60.5 cm³/mol. The number of hydrogen-bond acceptors (Lipinski definition) is 3. The van der Waals surface area contributed by atoms with E-state index in [9.17, 15) is 5.11 Å². The lowest BCUT2D eigenvalue weighted by Gasteiger charge is -2.33. The SMILES string of the molecule is CCn1cc(CN(C)C(C)(C)CO)cn1. The van der Waals surface area contributed by atoms with E-state index in [4.69, 9.17) is 0 Å². The highest BCUT2D eigenvalue weighted by molar-refractivity contribution is 5.04. The van der Waals surface area contributed by atoms with Gasteiger partial charge in [0.1, 0.15) is 0 Å². The van der Waals surface area contributed by atoms with Crippen molar-refractivity contribution >= 4 is 0 Å². The van der Waals surface area contributed by atoms with Gasteiger partial charge in [-0.1, -0.05) is 0 Å². The fourth-order valence-electron chi connectivity index (χ4n) is 1.27. The van der Waals surface area contributed by atoms with Gasteiger partial charge in [0.2, 0.25) is 0 Å². The number of nitrogens with zero attached hydrogens (tertiary/aromatic N) is 3. The summed E-state index contributed by atoms with van der Waals surface area (Å²) in [5.41, 5.74) is 0.995. The standard InChI is InChI=1S/C11H21N3O/c1-5-14-8-10(6-12-14)7-13(4)11(2,3)9-15/h6,8,15H,5,7,9H2,1-4H3. The minimum absolute atomic E-state index is 0.158. The van der Waals surface area contributed by atoms with E-state index in [0.29, 0.717) is 0 Å². The van der Waals surface area contributed by atoms with E-state index in [1.165, 1.54) is 5.56 Å². The molecule has 15 heavy (non-hydrogen) atoms. The van der Waals surface area contributed by atoms with Gasteiger partial charge in [-0.2, -0.15) is 5.10 Å². The molecule has 0 aromatic carbocycles. The van der Waals surface area contributed by atoms with Gasteiger partial charge in [-0.3, -0.25) is 9.58 Å². The fourth-order valence-corrected chi connectivity index (χ4v) is 1.27. The Bertz CT molecular complexity index is 307. The molecule has 1 aromatic heterocycles. The number of aryl methyl sites for hydroxylation is 1. The third kappa shape index (κ3) is 3.04. The molecular formula is C11H21N3O. The Morgan fingerprint density at radius 2 is 2.20 bits per heavy atom. The Balaban J connectivity index is 2.61. The number of hydrogen-bond donors (Lipinski definition) is 1. The number of rotatable bonds is 5. The van der Waals surface area contributed by atoms with E-state index < -0.39 is 0 Å². The molecule has 0 radical (unpaired) electrons. The van der Waals surface area contributed by atoms with Crippen LogP contribution < -0.4 is 0 Å². The summed E-state index contributed by atoms with van der Waals surface area (Å²) in [6.07, 6.45) is 3.93. The molecule has 0 spiro atoms. The molecule has 0 aliphatic carbocycles. The molecule has 1 rings (SSSR count). The molecule has 0 amide bonds. The lowest BCUT2D eigenvalue weighted by Crippen LogP contribution is -2.43. The Labute approximate surface area is 91.5 Å². The summed E-state index contributed by atoms with van der Waals surface area (Å²) in [4.78, 5) is 2.13. The molecule has 0 saturated heterocycles. The van der Waals surface area contributed by atoms with Crippen molar-refractivity contribution in [2.75, 3.05) is 13.7 Å². The maximum absolute atomic E-state index is 9.23. The summed E-state index contributed by atoms with van der Waals surface area (Å²) in [5.74, 6) is 0. The van der Waals surface area contributed by atoms with Gasteiger partial charge in [0.15, 0.2) is 0 Å². The smallest absolute Gasteiger partial charge is 0.0610 e. The highest BCUT2D eigenvalue weighted by atomic mass is 16.3. The van der Waals surface area contributed by atoms with Crippen molar-refractivity contribution < 1.29 is 5.11 Å². The minimum atomic E-state index is -0.186. The van der Waals surface area contributed by atoms with Crippen LogP contribution in [-0.4, -0.2) is 39.0 Å². The Kier molecular flexibility index (Phi) is 3.88.